The Morgan fingerprint density at radius 3 is 2.55 bits per heavy atom. The largest absolute Gasteiger partial charge is 0.465 e. The number of nitrogens with one attached hydrogen (secondary N) is 1. The highest BCUT2D eigenvalue weighted by Crippen LogP contribution is 2.29. The Labute approximate surface area is 193 Å². The fourth-order valence-corrected chi connectivity index (χ4v) is 5.59. The third-order valence-corrected chi connectivity index (χ3v) is 7.84. The molecule has 33 heavy (non-hydrogen) atoms. The summed E-state index contributed by atoms with van der Waals surface area (Å²) in [4.78, 5) is 12.7. The minimum atomic E-state index is -3.82. The van der Waals surface area contributed by atoms with Gasteiger partial charge in [-0.05, 0) is 56.5 Å². The predicted molar refractivity (Wildman–Crippen MR) is 123 cm³/mol. The summed E-state index contributed by atoms with van der Waals surface area (Å²) in [5, 5.41) is 6.82. The van der Waals surface area contributed by atoms with Gasteiger partial charge in [-0.1, -0.05) is 35.0 Å². The van der Waals surface area contributed by atoms with Gasteiger partial charge in [0.2, 0.25) is 15.9 Å². The number of rotatable bonds is 7. The van der Waals surface area contributed by atoms with Gasteiger partial charge in [0.1, 0.15) is 11.5 Å². The van der Waals surface area contributed by atoms with E-state index in [1.54, 1.807) is 25.1 Å². The van der Waals surface area contributed by atoms with E-state index >= 15 is 0 Å². The Morgan fingerprint density at radius 2 is 1.88 bits per heavy atom. The Kier molecular flexibility index (Phi) is 6.80. The Hall–Kier alpha value is -3.17. The normalized spacial score (nSPS) is 15.8. The molecule has 1 N–H and O–H groups in total. The number of carbonyl (C=O) groups excluding carboxylic acids is 1. The summed E-state index contributed by atoms with van der Waals surface area (Å²) >= 11 is 0. The van der Waals surface area contributed by atoms with E-state index in [1.165, 1.54) is 22.2 Å². The second-order valence-electron chi connectivity index (χ2n) is 8.19. The molecular weight excluding hydrogens is 442 g/mol. The molecule has 0 atom stereocenters. The van der Waals surface area contributed by atoms with Crippen LogP contribution in [0.15, 0.2) is 56.5 Å². The van der Waals surface area contributed by atoms with Gasteiger partial charge in [0, 0.05) is 25.6 Å². The number of piperidine rings is 1. The number of furan rings is 1. The van der Waals surface area contributed by atoms with Crippen LogP contribution in [0.2, 0.25) is 0 Å². The molecule has 0 aliphatic carbocycles. The van der Waals surface area contributed by atoms with Crippen molar-refractivity contribution in [2.45, 2.75) is 38.1 Å². The van der Waals surface area contributed by atoms with Crippen LogP contribution in [0, 0.1) is 19.8 Å². The second-order valence-corrected chi connectivity index (χ2v) is 10.1. The first kappa shape index (κ1) is 23.0. The first-order valence-corrected chi connectivity index (χ1v) is 12.3. The molecule has 1 aliphatic rings. The van der Waals surface area contributed by atoms with Crippen molar-refractivity contribution in [3.8, 4) is 0 Å². The van der Waals surface area contributed by atoms with Gasteiger partial charge in [-0.3, -0.25) is 4.79 Å². The summed E-state index contributed by atoms with van der Waals surface area (Å²) in [5.41, 5.74) is 2.50. The number of hydrogen-bond donors (Lipinski definition) is 1. The van der Waals surface area contributed by atoms with Crippen molar-refractivity contribution < 1.29 is 22.2 Å². The van der Waals surface area contributed by atoms with E-state index in [2.05, 4.69) is 10.5 Å². The van der Waals surface area contributed by atoms with Crippen LogP contribution in [0.5, 0.6) is 0 Å². The minimum absolute atomic E-state index is 0.0455. The van der Waals surface area contributed by atoms with Gasteiger partial charge in [-0.2, -0.15) is 4.31 Å². The van der Waals surface area contributed by atoms with Crippen molar-refractivity contribution in [1.82, 2.24) is 14.8 Å². The van der Waals surface area contributed by atoms with Crippen LogP contribution in [-0.2, 0) is 21.4 Å². The molecule has 1 aliphatic heterocycles. The summed E-state index contributed by atoms with van der Waals surface area (Å²) in [5.74, 6) is 0.464. The van der Waals surface area contributed by atoms with Gasteiger partial charge in [0.15, 0.2) is 10.7 Å². The Balaban J connectivity index is 1.38. The van der Waals surface area contributed by atoms with Crippen LogP contribution in [0.3, 0.4) is 0 Å². The molecule has 1 amide bonds. The van der Waals surface area contributed by atoms with Crippen molar-refractivity contribution in [2.75, 3.05) is 13.1 Å². The molecular formula is C24H27N3O5S. The molecule has 9 heteroatoms. The fourth-order valence-electron chi connectivity index (χ4n) is 3.87. The maximum absolute atomic E-state index is 13.3. The number of nitrogens with zero attached hydrogens (tertiary/aromatic N) is 2. The van der Waals surface area contributed by atoms with Crippen molar-refractivity contribution >= 4 is 28.1 Å². The van der Waals surface area contributed by atoms with E-state index < -0.39 is 10.0 Å². The van der Waals surface area contributed by atoms with Crippen LogP contribution >= 0.6 is 0 Å². The number of benzene rings is 1. The van der Waals surface area contributed by atoms with Gasteiger partial charge >= 0.3 is 0 Å². The number of carbonyl (C=O) groups is 1. The third-order valence-electron chi connectivity index (χ3n) is 5.79. The van der Waals surface area contributed by atoms with Crippen LogP contribution in [0.1, 0.15) is 41.2 Å². The summed E-state index contributed by atoms with van der Waals surface area (Å²) in [6, 6.07) is 11.5. The monoisotopic (exact) mass is 469 g/mol. The zero-order valence-corrected chi connectivity index (χ0v) is 19.5. The molecule has 1 aromatic carbocycles. The van der Waals surface area contributed by atoms with Crippen molar-refractivity contribution in [3.05, 3.63) is 71.0 Å². The van der Waals surface area contributed by atoms with Crippen LogP contribution in [0.25, 0.3) is 12.2 Å². The lowest BCUT2D eigenvalue weighted by Crippen LogP contribution is -2.43. The van der Waals surface area contributed by atoms with E-state index in [0.717, 1.165) is 5.56 Å². The van der Waals surface area contributed by atoms with Crippen molar-refractivity contribution in [3.63, 3.8) is 0 Å². The smallest absolute Gasteiger partial charge is 0.248 e. The van der Waals surface area contributed by atoms with Crippen molar-refractivity contribution in [2.24, 2.45) is 5.92 Å². The molecule has 0 spiro atoms. The molecule has 0 unspecified atom stereocenters. The molecule has 3 aromatic rings. The van der Waals surface area contributed by atoms with E-state index in [9.17, 15) is 13.2 Å². The number of aryl methyl sites for hydroxylation is 2. The van der Waals surface area contributed by atoms with E-state index in [1.807, 2.05) is 31.2 Å². The third kappa shape index (κ3) is 5.26. The van der Waals surface area contributed by atoms with Crippen LogP contribution in [-0.4, -0.2) is 36.9 Å². The summed E-state index contributed by atoms with van der Waals surface area (Å²) < 4.78 is 38.6. The lowest BCUT2D eigenvalue weighted by Gasteiger charge is -2.30. The van der Waals surface area contributed by atoms with Crippen LogP contribution in [0.4, 0.5) is 0 Å². The quantitative estimate of drug-likeness (QED) is 0.565. The van der Waals surface area contributed by atoms with E-state index in [0.29, 0.717) is 30.8 Å². The first-order valence-electron chi connectivity index (χ1n) is 10.9. The maximum atomic E-state index is 13.3. The lowest BCUT2D eigenvalue weighted by atomic mass is 9.97. The number of sulfonamides is 1. The molecule has 3 heterocycles. The number of aromatic nitrogens is 1. The number of hydrogen-bond acceptors (Lipinski definition) is 6. The zero-order chi connectivity index (χ0) is 23.4. The highest BCUT2D eigenvalue weighted by Gasteiger charge is 2.35. The summed E-state index contributed by atoms with van der Waals surface area (Å²) in [7, 11) is -3.82. The fraction of sp³-hybridized carbons (Fsp3) is 0.333. The summed E-state index contributed by atoms with van der Waals surface area (Å²) in [6.07, 6.45) is 5.62. The molecule has 0 radical (unpaired) electrons. The van der Waals surface area contributed by atoms with Crippen LogP contribution < -0.4 is 5.32 Å². The first-order chi connectivity index (χ1) is 15.8. The predicted octanol–water partition coefficient (Wildman–Crippen LogP) is 3.77. The topological polar surface area (TPSA) is 106 Å². The summed E-state index contributed by atoms with van der Waals surface area (Å²) in [6.45, 7) is 4.60. The highest BCUT2D eigenvalue weighted by molar-refractivity contribution is 7.89. The van der Waals surface area contributed by atoms with Gasteiger partial charge in [-0.25, -0.2) is 8.42 Å². The van der Waals surface area contributed by atoms with E-state index in [-0.39, 0.29) is 35.6 Å². The average molecular weight is 470 g/mol. The zero-order valence-electron chi connectivity index (χ0n) is 18.7. The lowest BCUT2D eigenvalue weighted by molar-refractivity contribution is -0.126. The Morgan fingerprint density at radius 1 is 1.15 bits per heavy atom. The highest BCUT2D eigenvalue weighted by atomic mass is 32.2. The number of amides is 1. The van der Waals surface area contributed by atoms with Gasteiger partial charge in [0.25, 0.3) is 0 Å². The molecule has 8 nitrogen and oxygen atoms in total. The molecule has 1 saturated heterocycles. The molecule has 0 saturated carbocycles. The molecule has 2 aromatic heterocycles. The standard InChI is InChI=1S/C24H27N3O5S/c1-17-5-7-19(8-6-17)16-25-24(28)20-11-13-27(14-12-20)33(29,30)23-18(2)26-32-22(23)10-9-21-4-3-15-31-21/h3-10,15,20H,11-14,16H2,1-2H3,(H,25,28)/b10-9+. The SMILES string of the molecule is Cc1ccc(CNC(=O)C2CCN(S(=O)(=O)c3c(C)noc3/C=C/c3ccco3)CC2)cc1. The van der Waals surface area contributed by atoms with Gasteiger partial charge in [-0.15, -0.1) is 0 Å². The molecule has 4 rings (SSSR count). The second kappa shape index (κ2) is 9.76. The minimum Gasteiger partial charge on any atom is -0.465 e. The average Bonchev–Trinajstić information content (AvgIpc) is 3.47. The van der Waals surface area contributed by atoms with Gasteiger partial charge < -0.3 is 14.3 Å². The Bertz CT molecular complexity index is 1220. The maximum Gasteiger partial charge on any atom is 0.248 e. The molecule has 174 valence electrons. The van der Waals surface area contributed by atoms with E-state index in [4.69, 9.17) is 8.94 Å². The van der Waals surface area contributed by atoms with Gasteiger partial charge in [0.05, 0.1) is 6.26 Å². The molecule has 0 bridgehead atoms. The molecule has 1 fully saturated rings. The van der Waals surface area contributed by atoms with Crippen molar-refractivity contribution in [1.29, 1.82) is 0 Å².